The van der Waals surface area contributed by atoms with E-state index in [9.17, 15) is 4.79 Å². The van der Waals surface area contributed by atoms with Crippen LogP contribution in [-0.4, -0.2) is 62.3 Å². The van der Waals surface area contributed by atoms with Gasteiger partial charge >= 0.3 is 5.97 Å². The van der Waals surface area contributed by atoms with Gasteiger partial charge in [0.2, 0.25) is 0 Å². The molecule has 5 N–H and O–H groups in total. The molecule has 0 aromatic carbocycles. The second-order valence-electron chi connectivity index (χ2n) is 17.0. The van der Waals surface area contributed by atoms with Gasteiger partial charge in [0, 0.05) is 13.0 Å². The molecule has 0 heterocycles. The van der Waals surface area contributed by atoms with Crippen LogP contribution in [0.15, 0.2) is 11.6 Å². The first-order chi connectivity index (χ1) is 22.0. The second-order valence-corrected chi connectivity index (χ2v) is 17.0. The molecule has 266 valence electrons. The van der Waals surface area contributed by atoms with Crippen molar-refractivity contribution in [3.8, 4) is 0 Å². The van der Waals surface area contributed by atoms with Gasteiger partial charge in [-0.15, -0.1) is 0 Å². The lowest BCUT2D eigenvalue weighted by Crippen LogP contribution is -2.51. The van der Waals surface area contributed by atoms with Gasteiger partial charge < -0.3 is 21.5 Å². The van der Waals surface area contributed by atoms with Gasteiger partial charge in [-0.05, 0) is 157 Å². The Labute approximate surface area is 284 Å². The molecule has 0 saturated heterocycles. The number of nitrogens with one attached hydrogen (secondary N) is 1. The van der Waals surface area contributed by atoms with Gasteiger partial charge in [-0.2, -0.15) is 0 Å². The zero-order chi connectivity index (χ0) is 33.3. The second kappa shape index (κ2) is 17.6. The fourth-order valence-electron chi connectivity index (χ4n) is 10.9. The number of rotatable bonds is 19. The van der Waals surface area contributed by atoms with Crippen LogP contribution >= 0.6 is 0 Å². The third-order valence-electron chi connectivity index (χ3n) is 13.7. The van der Waals surface area contributed by atoms with Crippen molar-refractivity contribution in [2.75, 3.05) is 39.3 Å². The highest BCUT2D eigenvalue weighted by Crippen LogP contribution is 2.67. The first-order valence-electron chi connectivity index (χ1n) is 19.8. The molecule has 0 aliphatic heterocycles. The van der Waals surface area contributed by atoms with Crippen molar-refractivity contribution in [2.45, 2.75) is 150 Å². The fraction of sp³-hybridized carbons (Fsp3) is 0.925. The summed E-state index contributed by atoms with van der Waals surface area (Å²) in [5, 5.41) is 3.47. The number of unbranched alkanes of at least 4 members (excludes halogenated alkanes) is 1. The largest absolute Gasteiger partial charge is 0.461 e. The van der Waals surface area contributed by atoms with Gasteiger partial charge in [0.1, 0.15) is 12.1 Å². The summed E-state index contributed by atoms with van der Waals surface area (Å²) in [5.74, 6) is 5.07. The Morgan fingerprint density at radius 1 is 0.913 bits per heavy atom. The number of nitrogens with two attached hydrogens (primary N) is 2. The summed E-state index contributed by atoms with van der Waals surface area (Å²) < 4.78 is 6.31. The molecule has 0 bridgehead atoms. The number of carbonyl (C=O) groups excluding carboxylic acids is 1. The predicted octanol–water partition coefficient (Wildman–Crippen LogP) is 7.70. The van der Waals surface area contributed by atoms with Crippen molar-refractivity contribution >= 4 is 5.97 Å². The maximum Gasteiger partial charge on any atom is 0.323 e. The Balaban J connectivity index is 1.31. The van der Waals surface area contributed by atoms with E-state index >= 15 is 0 Å². The molecule has 6 nitrogen and oxygen atoms in total. The van der Waals surface area contributed by atoms with E-state index in [1.807, 2.05) is 6.92 Å². The van der Waals surface area contributed by atoms with Crippen LogP contribution in [0.4, 0.5) is 0 Å². The molecule has 4 aliphatic rings. The molecule has 0 spiro atoms. The Morgan fingerprint density at radius 3 is 2.39 bits per heavy atom. The van der Waals surface area contributed by atoms with E-state index in [1.165, 1.54) is 57.8 Å². The maximum atomic E-state index is 13.5. The van der Waals surface area contributed by atoms with Gasteiger partial charge in [-0.25, -0.2) is 0 Å². The molecule has 46 heavy (non-hydrogen) atoms. The van der Waals surface area contributed by atoms with Crippen LogP contribution in [0.5, 0.6) is 0 Å². The van der Waals surface area contributed by atoms with Crippen molar-refractivity contribution in [1.82, 2.24) is 10.2 Å². The molecule has 0 radical (unpaired) electrons. The number of fused-ring (bicyclic) bond motifs is 5. The summed E-state index contributed by atoms with van der Waals surface area (Å²) in [4.78, 5) is 15.8. The van der Waals surface area contributed by atoms with Crippen LogP contribution in [0.3, 0.4) is 0 Å². The third kappa shape index (κ3) is 8.98. The molecule has 9 atom stereocenters. The van der Waals surface area contributed by atoms with Crippen molar-refractivity contribution in [3.05, 3.63) is 11.6 Å². The average Bonchev–Trinajstić information content (AvgIpc) is 3.39. The van der Waals surface area contributed by atoms with E-state index in [0.717, 1.165) is 107 Å². The lowest BCUT2D eigenvalue weighted by Gasteiger charge is -2.58. The van der Waals surface area contributed by atoms with Crippen LogP contribution in [0.1, 0.15) is 138 Å². The molecule has 6 heteroatoms. The smallest absolute Gasteiger partial charge is 0.323 e. The van der Waals surface area contributed by atoms with E-state index in [0.29, 0.717) is 12.0 Å². The molecule has 0 aromatic rings. The number of esters is 1. The van der Waals surface area contributed by atoms with E-state index in [-0.39, 0.29) is 23.5 Å². The highest BCUT2D eigenvalue weighted by molar-refractivity contribution is 5.75. The monoisotopic (exact) mass is 643 g/mol. The van der Waals surface area contributed by atoms with Gasteiger partial charge in [0.15, 0.2) is 0 Å². The Hall–Kier alpha value is -0.950. The van der Waals surface area contributed by atoms with E-state index in [2.05, 4.69) is 50.9 Å². The minimum atomic E-state index is -0.228. The summed E-state index contributed by atoms with van der Waals surface area (Å²) in [5.41, 5.74) is 13.9. The van der Waals surface area contributed by atoms with Gasteiger partial charge in [-0.1, -0.05) is 65.5 Å². The van der Waals surface area contributed by atoms with Gasteiger partial charge in [-0.3, -0.25) is 9.69 Å². The Kier molecular flexibility index (Phi) is 14.5. The zero-order valence-electron chi connectivity index (χ0n) is 31.0. The Bertz CT molecular complexity index is 969. The highest BCUT2D eigenvalue weighted by Gasteiger charge is 2.59. The van der Waals surface area contributed by atoms with Crippen molar-refractivity contribution in [2.24, 2.45) is 57.8 Å². The molecular formula is C40H74N4O2. The number of nitrogens with zero attached hydrogens (tertiary/aromatic N) is 1. The van der Waals surface area contributed by atoms with Crippen molar-refractivity contribution in [1.29, 1.82) is 0 Å². The summed E-state index contributed by atoms with van der Waals surface area (Å²) in [7, 11) is 0. The molecule has 1 unspecified atom stereocenters. The van der Waals surface area contributed by atoms with Crippen molar-refractivity contribution in [3.63, 3.8) is 0 Å². The maximum absolute atomic E-state index is 13.5. The molecule has 4 rings (SSSR count). The quantitative estimate of drug-likeness (QED) is 0.0760. The number of hydrogen-bond acceptors (Lipinski definition) is 6. The topological polar surface area (TPSA) is 93.6 Å². The lowest BCUT2D eigenvalue weighted by molar-refractivity contribution is -0.157. The fourth-order valence-corrected chi connectivity index (χ4v) is 10.9. The molecule has 0 aromatic heterocycles. The minimum absolute atomic E-state index is 0.0188. The predicted molar refractivity (Wildman–Crippen MR) is 193 cm³/mol. The van der Waals surface area contributed by atoms with E-state index < -0.39 is 0 Å². The van der Waals surface area contributed by atoms with E-state index in [1.54, 1.807) is 5.57 Å². The van der Waals surface area contributed by atoms with Gasteiger partial charge in [0.25, 0.3) is 0 Å². The zero-order valence-corrected chi connectivity index (χ0v) is 31.0. The SMILES string of the molecule is CC(C)CCC[C@@H](C)[C@H]1CC[C@H]2[C@@H]3CC=C4C[C@@H](OC(=O)C(C)N(CCCN)CCCCNCCCN)CC[C@]4(C)[C@H]3CC[C@]12C. The molecule has 0 amide bonds. The average molecular weight is 643 g/mol. The van der Waals surface area contributed by atoms with Crippen LogP contribution in [0.25, 0.3) is 0 Å². The standard InChI is InChI=1S/C40H74N4O2/c1-29(2)12-9-13-30(3)35-16-17-36-34-15-14-32-28-33(18-20-39(32,5)37(34)19-21-40(35,36)6)46-38(45)31(4)44(27-11-23-42)26-8-7-24-43-25-10-22-41/h14,29-31,33-37,43H,7-13,15-28,41-42H2,1-6H3/t30-,31?,33+,34+,35-,36+,37+,39+,40-/m1/s1. The minimum Gasteiger partial charge on any atom is -0.461 e. The molecule has 4 aliphatic carbocycles. The third-order valence-corrected chi connectivity index (χ3v) is 13.7. The van der Waals surface area contributed by atoms with Crippen LogP contribution < -0.4 is 16.8 Å². The molecule has 3 fully saturated rings. The number of carbonyl (C=O) groups is 1. The first-order valence-corrected chi connectivity index (χ1v) is 19.8. The number of ether oxygens (including phenoxy) is 1. The normalized spacial score (nSPS) is 33.7. The summed E-state index contributed by atoms with van der Waals surface area (Å²) in [6, 6.07) is -0.228. The van der Waals surface area contributed by atoms with Crippen LogP contribution in [-0.2, 0) is 9.53 Å². The summed E-state index contributed by atoms with van der Waals surface area (Å²) >= 11 is 0. The molecule has 3 saturated carbocycles. The van der Waals surface area contributed by atoms with Crippen molar-refractivity contribution < 1.29 is 9.53 Å². The van der Waals surface area contributed by atoms with Crippen LogP contribution in [0, 0.1) is 46.3 Å². The van der Waals surface area contributed by atoms with E-state index in [4.69, 9.17) is 16.2 Å². The molecular weight excluding hydrogens is 568 g/mol. The first kappa shape index (κ1) is 37.9. The summed E-state index contributed by atoms with van der Waals surface area (Å²) in [6.07, 6.45) is 21.0. The Morgan fingerprint density at radius 2 is 1.65 bits per heavy atom. The summed E-state index contributed by atoms with van der Waals surface area (Å²) in [6.45, 7) is 19.7. The number of allylic oxidation sites excluding steroid dienone is 1. The van der Waals surface area contributed by atoms with Gasteiger partial charge in [0.05, 0.1) is 0 Å². The van der Waals surface area contributed by atoms with Crippen LogP contribution in [0.2, 0.25) is 0 Å². The number of hydrogen-bond donors (Lipinski definition) is 3. The lowest BCUT2D eigenvalue weighted by atomic mass is 9.47. The highest BCUT2D eigenvalue weighted by atomic mass is 16.5.